The van der Waals surface area contributed by atoms with Crippen LogP contribution in [0.3, 0.4) is 0 Å². The van der Waals surface area contributed by atoms with Crippen molar-refractivity contribution in [3.05, 3.63) is 5.82 Å². The minimum absolute atomic E-state index is 0.301. The fraction of sp³-hybridized carbons (Fsp3) is 0.833. The number of rotatable bonds is 7. The first kappa shape index (κ1) is 14.0. The third kappa shape index (κ3) is 3.43. The van der Waals surface area contributed by atoms with Crippen molar-refractivity contribution >= 4 is 5.95 Å². The Morgan fingerprint density at radius 2 is 2.00 bits per heavy atom. The van der Waals surface area contributed by atoms with Crippen molar-refractivity contribution in [2.75, 3.05) is 18.4 Å². The van der Waals surface area contributed by atoms with Crippen LogP contribution in [0.4, 0.5) is 5.95 Å². The molecule has 0 amide bonds. The van der Waals surface area contributed by atoms with Gasteiger partial charge in [0.15, 0.2) is 0 Å². The topological polar surface area (TPSA) is 68.8 Å². The van der Waals surface area contributed by atoms with Crippen LogP contribution in [0, 0.1) is 5.92 Å². The summed E-state index contributed by atoms with van der Waals surface area (Å²) in [5, 5.41) is 11.7. The maximum atomic E-state index is 5.86. The van der Waals surface area contributed by atoms with E-state index in [4.69, 9.17) is 5.73 Å². The average molecular weight is 239 g/mol. The molecule has 1 atom stereocenters. The highest BCUT2D eigenvalue weighted by atomic mass is 15.3. The van der Waals surface area contributed by atoms with E-state index in [1.54, 1.807) is 0 Å². The van der Waals surface area contributed by atoms with Gasteiger partial charge in [0.2, 0.25) is 5.95 Å². The lowest BCUT2D eigenvalue weighted by Gasteiger charge is -2.17. The molecular formula is C12H25N5. The van der Waals surface area contributed by atoms with Crippen molar-refractivity contribution in [3.8, 4) is 0 Å². The van der Waals surface area contributed by atoms with Gasteiger partial charge in [0.05, 0.1) is 0 Å². The number of nitrogens with two attached hydrogens (primary N) is 1. The Bertz CT molecular complexity index is 332. The third-order valence-corrected chi connectivity index (χ3v) is 2.84. The fourth-order valence-corrected chi connectivity index (χ4v) is 2.09. The molecule has 0 fully saturated rings. The highest BCUT2D eigenvalue weighted by Crippen LogP contribution is 2.23. The summed E-state index contributed by atoms with van der Waals surface area (Å²) in [6.45, 7) is 10.9. The first-order valence-corrected chi connectivity index (χ1v) is 6.50. The standard InChI is InChI=1S/C12H25N5/c1-5-14-12-16-15-11(17(12)6-2)10(8-13)7-9(3)4/h9-10H,5-8,13H2,1-4H3,(H,14,16). The zero-order chi connectivity index (χ0) is 12.8. The van der Waals surface area contributed by atoms with Gasteiger partial charge in [-0.05, 0) is 26.2 Å². The molecule has 0 bridgehead atoms. The average Bonchev–Trinajstić information content (AvgIpc) is 2.69. The molecule has 1 aromatic heterocycles. The second kappa shape index (κ2) is 6.59. The van der Waals surface area contributed by atoms with Gasteiger partial charge in [-0.2, -0.15) is 0 Å². The van der Waals surface area contributed by atoms with Gasteiger partial charge in [-0.3, -0.25) is 4.57 Å². The summed E-state index contributed by atoms with van der Waals surface area (Å²) in [5.74, 6) is 2.79. The largest absolute Gasteiger partial charge is 0.355 e. The highest BCUT2D eigenvalue weighted by Gasteiger charge is 2.20. The third-order valence-electron chi connectivity index (χ3n) is 2.84. The van der Waals surface area contributed by atoms with E-state index in [0.29, 0.717) is 18.4 Å². The van der Waals surface area contributed by atoms with Gasteiger partial charge in [0.25, 0.3) is 0 Å². The van der Waals surface area contributed by atoms with Crippen molar-refractivity contribution in [1.82, 2.24) is 14.8 Å². The van der Waals surface area contributed by atoms with E-state index >= 15 is 0 Å². The number of nitrogens with zero attached hydrogens (tertiary/aromatic N) is 3. The number of hydrogen-bond acceptors (Lipinski definition) is 4. The van der Waals surface area contributed by atoms with E-state index in [0.717, 1.165) is 31.3 Å². The summed E-state index contributed by atoms with van der Waals surface area (Å²) in [7, 11) is 0. The molecule has 1 aromatic rings. The minimum Gasteiger partial charge on any atom is -0.355 e. The summed E-state index contributed by atoms with van der Waals surface area (Å²) < 4.78 is 2.13. The molecule has 1 rings (SSSR count). The monoisotopic (exact) mass is 239 g/mol. The van der Waals surface area contributed by atoms with Crippen LogP contribution in [0.1, 0.15) is 45.9 Å². The molecule has 0 aliphatic rings. The smallest absolute Gasteiger partial charge is 0.224 e. The predicted molar refractivity (Wildman–Crippen MR) is 71.1 cm³/mol. The normalized spacial score (nSPS) is 13.1. The van der Waals surface area contributed by atoms with Crippen LogP contribution in [0.5, 0.6) is 0 Å². The van der Waals surface area contributed by atoms with Crippen LogP contribution >= 0.6 is 0 Å². The molecule has 1 heterocycles. The van der Waals surface area contributed by atoms with Gasteiger partial charge in [-0.25, -0.2) is 0 Å². The number of anilines is 1. The summed E-state index contributed by atoms with van der Waals surface area (Å²) in [6.07, 6.45) is 1.06. The first-order valence-electron chi connectivity index (χ1n) is 6.50. The number of aromatic nitrogens is 3. The Morgan fingerprint density at radius 3 is 2.47 bits per heavy atom. The summed E-state index contributed by atoms with van der Waals surface area (Å²) in [4.78, 5) is 0. The van der Waals surface area contributed by atoms with E-state index in [1.807, 2.05) is 0 Å². The van der Waals surface area contributed by atoms with Crippen LogP contribution in [0.25, 0.3) is 0 Å². The quantitative estimate of drug-likeness (QED) is 0.761. The van der Waals surface area contributed by atoms with Crippen molar-refractivity contribution in [3.63, 3.8) is 0 Å². The van der Waals surface area contributed by atoms with Crippen molar-refractivity contribution < 1.29 is 0 Å². The molecule has 5 heteroatoms. The summed E-state index contributed by atoms with van der Waals surface area (Å²) in [6, 6.07) is 0. The maximum absolute atomic E-state index is 5.86. The van der Waals surface area contributed by atoms with Crippen molar-refractivity contribution in [1.29, 1.82) is 0 Å². The molecule has 0 radical (unpaired) electrons. The fourth-order valence-electron chi connectivity index (χ4n) is 2.09. The zero-order valence-corrected chi connectivity index (χ0v) is 11.4. The molecule has 5 nitrogen and oxygen atoms in total. The van der Waals surface area contributed by atoms with Crippen LogP contribution in [-0.2, 0) is 6.54 Å². The molecule has 0 aromatic carbocycles. The van der Waals surface area contributed by atoms with E-state index < -0.39 is 0 Å². The van der Waals surface area contributed by atoms with E-state index in [9.17, 15) is 0 Å². The van der Waals surface area contributed by atoms with Gasteiger partial charge < -0.3 is 11.1 Å². The lowest BCUT2D eigenvalue weighted by Crippen LogP contribution is -2.19. The molecule has 0 aliphatic heterocycles. The second-order valence-electron chi connectivity index (χ2n) is 4.72. The van der Waals surface area contributed by atoms with Gasteiger partial charge in [-0.15, -0.1) is 10.2 Å². The predicted octanol–water partition coefficient (Wildman–Crippen LogP) is 1.82. The molecule has 1 unspecified atom stereocenters. The Morgan fingerprint density at radius 1 is 1.29 bits per heavy atom. The molecule has 0 saturated carbocycles. The van der Waals surface area contributed by atoms with Crippen LogP contribution < -0.4 is 11.1 Å². The van der Waals surface area contributed by atoms with Crippen LogP contribution in [0.15, 0.2) is 0 Å². The Balaban J connectivity index is 2.94. The van der Waals surface area contributed by atoms with Gasteiger partial charge in [-0.1, -0.05) is 13.8 Å². The van der Waals surface area contributed by atoms with Crippen LogP contribution in [0.2, 0.25) is 0 Å². The number of hydrogen-bond donors (Lipinski definition) is 2. The SMILES string of the molecule is CCNc1nnc(C(CN)CC(C)C)n1CC. The first-order chi connectivity index (χ1) is 8.13. The minimum atomic E-state index is 0.301. The van der Waals surface area contributed by atoms with E-state index in [-0.39, 0.29) is 0 Å². The highest BCUT2D eigenvalue weighted by molar-refractivity contribution is 5.26. The van der Waals surface area contributed by atoms with Gasteiger partial charge in [0, 0.05) is 25.6 Å². The van der Waals surface area contributed by atoms with Gasteiger partial charge in [0.1, 0.15) is 5.82 Å². The second-order valence-corrected chi connectivity index (χ2v) is 4.72. The van der Waals surface area contributed by atoms with Crippen LogP contribution in [-0.4, -0.2) is 27.9 Å². The number of nitrogens with one attached hydrogen (secondary N) is 1. The zero-order valence-electron chi connectivity index (χ0n) is 11.4. The molecule has 98 valence electrons. The van der Waals surface area contributed by atoms with Crippen molar-refractivity contribution in [2.24, 2.45) is 11.7 Å². The molecule has 0 saturated heterocycles. The maximum Gasteiger partial charge on any atom is 0.224 e. The Kier molecular flexibility index (Phi) is 5.41. The van der Waals surface area contributed by atoms with E-state index in [2.05, 4.69) is 47.8 Å². The van der Waals surface area contributed by atoms with E-state index in [1.165, 1.54) is 0 Å². The van der Waals surface area contributed by atoms with Gasteiger partial charge >= 0.3 is 0 Å². The summed E-state index contributed by atoms with van der Waals surface area (Å²) in [5.41, 5.74) is 5.86. The molecule has 0 spiro atoms. The van der Waals surface area contributed by atoms with Crippen molar-refractivity contribution in [2.45, 2.75) is 46.6 Å². The molecular weight excluding hydrogens is 214 g/mol. The summed E-state index contributed by atoms with van der Waals surface area (Å²) >= 11 is 0. The lowest BCUT2D eigenvalue weighted by molar-refractivity contribution is 0.472. The lowest BCUT2D eigenvalue weighted by atomic mass is 9.96. The molecule has 3 N–H and O–H groups in total. The molecule has 0 aliphatic carbocycles. The molecule has 17 heavy (non-hydrogen) atoms. The Hall–Kier alpha value is -1.10. The Labute approximate surface area is 104 Å².